The van der Waals surface area contributed by atoms with Crippen LogP contribution in [0.4, 0.5) is 4.39 Å². The molecule has 0 heterocycles. The van der Waals surface area contributed by atoms with Crippen LogP contribution in [-0.2, 0) is 13.2 Å². The van der Waals surface area contributed by atoms with E-state index >= 15 is 0 Å². The summed E-state index contributed by atoms with van der Waals surface area (Å²) in [5, 5.41) is 5.97. The van der Waals surface area contributed by atoms with Crippen molar-refractivity contribution in [3.05, 3.63) is 77.6 Å². The summed E-state index contributed by atoms with van der Waals surface area (Å²) >= 11 is 0. The summed E-state index contributed by atoms with van der Waals surface area (Å²) in [6.45, 7) is 5.54. The second-order valence-electron chi connectivity index (χ2n) is 6.37. The van der Waals surface area contributed by atoms with Crippen LogP contribution in [0, 0.1) is 5.82 Å². The number of ether oxygens (including phenoxy) is 1. The molecule has 1 N–H and O–H groups in total. The molecule has 0 saturated heterocycles. The number of benzene rings is 3. The minimum atomic E-state index is -0.229. The van der Waals surface area contributed by atoms with Gasteiger partial charge in [0.25, 0.3) is 0 Å². The molecule has 3 aromatic rings. The van der Waals surface area contributed by atoms with E-state index in [-0.39, 0.29) is 5.82 Å². The topological polar surface area (TPSA) is 21.3 Å². The largest absolute Gasteiger partial charge is 0.489 e. The Bertz CT molecular complexity index is 829. The summed E-state index contributed by atoms with van der Waals surface area (Å²) in [4.78, 5) is 0. The molecule has 1 atom stereocenters. The van der Waals surface area contributed by atoms with Crippen molar-refractivity contribution < 1.29 is 9.13 Å². The fraction of sp³-hybridized carbons (Fsp3) is 0.273. The Kier molecular flexibility index (Phi) is 5.67. The lowest BCUT2D eigenvalue weighted by Gasteiger charge is -2.17. The molecule has 0 radical (unpaired) electrons. The van der Waals surface area contributed by atoms with Crippen LogP contribution in [0.15, 0.2) is 60.7 Å². The van der Waals surface area contributed by atoms with Gasteiger partial charge in [0.2, 0.25) is 0 Å². The minimum Gasteiger partial charge on any atom is -0.489 e. The van der Waals surface area contributed by atoms with Crippen LogP contribution >= 0.6 is 0 Å². The normalized spacial score (nSPS) is 12.3. The van der Waals surface area contributed by atoms with E-state index in [4.69, 9.17) is 4.74 Å². The van der Waals surface area contributed by atoms with Gasteiger partial charge >= 0.3 is 0 Å². The van der Waals surface area contributed by atoms with Crippen LogP contribution in [0.25, 0.3) is 10.8 Å². The van der Waals surface area contributed by atoms with Crippen molar-refractivity contribution in [2.45, 2.75) is 39.5 Å². The third kappa shape index (κ3) is 4.37. The molecule has 0 unspecified atom stereocenters. The molecule has 3 aromatic carbocycles. The fourth-order valence-electron chi connectivity index (χ4n) is 2.80. The van der Waals surface area contributed by atoms with E-state index in [2.05, 4.69) is 43.4 Å². The smallest absolute Gasteiger partial charge is 0.124 e. The first-order chi connectivity index (χ1) is 12.2. The molecule has 25 heavy (non-hydrogen) atoms. The number of nitrogens with one attached hydrogen (secondary N) is 1. The van der Waals surface area contributed by atoms with Gasteiger partial charge in [0.15, 0.2) is 0 Å². The van der Waals surface area contributed by atoms with E-state index in [0.717, 1.165) is 24.3 Å². The zero-order valence-corrected chi connectivity index (χ0v) is 14.8. The second kappa shape index (κ2) is 8.13. The van der Waals surface area contributed by atoms with Crippen molar-refractivity contribution in [2.75, 3.05) is 0 Å². The summed E-state index contributed by atoms with van der Waals surface area (Å²) in [5.41, 5.74) is 2.12. The van der Waals surface area contributed by atoms with Gasteiger partial charge in [-0.15, -0.1) is 0 Å². The highest BCUT2D eigenvalue weighted by molar-refractivity contribution is 5.87. The highest BCUT2D eigenvalue weighted by atomic mass is 19.1. The first kappa shape index (κ1) is 17.4. The van der Waals surface area contributed by atoms with E-state index in [0.29, 0.717) is 12.6 Å². The van der Waals surface area contributed by atoms with E-state index in [1.807, 2.05) is 12.1 Å². The van der Waals surface area contributed by atoms with Gasteiger partial charge in [-0.25, -0.2) is 4.39 Å². The molecule has 130 valence electrons. The zero-order valence-electron chi connectivity index (χ0n) is 14.8. The predicted octanol–water partition coefficient (Wildman–Crippen LogP) is 5.45. The lowest BCUT2D eigenvalue weighted by molar-refractivity contribution is 0.302. The molecule has 0 fully saturated rings. The van der Waals surface area contributed by atoms with Gasteiger partial charge in [0.1, 0.15) is 18.2 Å². The Balaban J connectivity index is 1.86. The number of hydrogen-bond donors (Lipinski definition) is 1. The maximum Gasteiger partial charge on any atom is 0.124 e. The van der Waals surface area contributed by atoms with Gasteiger partial charge in [-0.3, -0.25) is 0 Å². The number of fused-ring (bicyclic) bond motifs is 1. The van der Waals surface area contributed by atoms with E-state index < -0.39 is 0 Å². The predicted molar refractivity (Wildman–Crippen MR) is 101 cm³/mol. The first-order valence-corrected chi connectivity index (χ1v) is 8.78. The summed E-state index contributed by atoms with van der Waals surface area (Å²) in [5.74, 6) is 0.645. The molecule has 0 saturated carbocycles. The van der Waals surface area contributed by atoms with Gasteiger partial charge in [0.05, 0.1) is 0 Å². The highest BCUT2D eigenvalue weighted by Crippen LogP contribution is 2.29. The summed E-state index contributed by atoms with van der Waals surface area (Å²) in [7, 11) is 0. The minimum absolute atomic E-state index is 0.229. The summed E-state index contributed by atoms with van der Waals surface area (Å²) in [6.07, 6.45) is 1.08. The van der Waals surface area contributed by atoms with Crippen molar-refractivity contribution in [3.63, 3.8) is 0 Å². The Morgan fingerprint density at radius 3 is 2.52 bits per heavy atom. The molecule has 0 spiro atoms. The average molecular weight is 337 g/mol. The number of rotatable bonds is 7. The van der Waals surface area contributed by atoms with E-state index in [9.17, 15) is 4.39 Å². The Morgan fingerprint density at radius 1 is 1.00 bits per heavy atom. The molecule has 2 nitrogen and oxygen atoms in total. The van der Waals surface area contributed by atoms with Gasteiger partial charge < -0.3 is 10.1 Å². The average Bonchev–Trinajstić information content (AvgIpc) is 2.65. The Hall–Kier alpha value is -2.39. The van der Waals surface area contributed by atoms with Gasteiger partial charge in [-0.05, 0) is 47.9 Å². The first-order valence-electron chi connectivity index (χ1n) is 8.78. The summed E-state index contributed by atoms with van der Waals surface area (Å²) in [6, 6.07) is 19.4. The molecule has 0 aliphatic rings. The van der Waals surface area contributed by atoms with E-state index in [1.54, 1.807) is 12.1 Å². The lowest BCUT2D eigenvalue weighted by Crippen LogP contribution is -2.24. The maximum absolute atomic E-state index is 13.0. The molecular formula is C22H24FNO. The van der Waals surface area contributed by atoms with Crippen LogP contribution in [0.5, 0.6) is 5.75 Å². The monoisotopic (exact) mass is 337 g/mol. The molecule has 0 aliphatic heterocycles. The van der Waals surface area contributed by atoms with Crippen molar-refractivity contribution >= 4 is 10.8 Å². The SMILES string of the molecule is CC[C@@H](C)NCc1c(OCc2ccc(F)cc2)ccc2ccccc12. The van der Waals surface area contributed by atoms with Crippen LogP contribution in [0.3, 0.4) is 0 Å². The van der Waals surface area contributed by atoms with Gasteiger partial charge in [0, 0.05) is 18.2 Å². The third-order valence-electron chi connectivity index (χ3n) is 4.54. The van der Waals surface area contributed by atoms with Crippen LogP contribution in [-0.4, -0.2) is 6.04 Å². The summed E-state index contributed by atoms with van der Waals surface area (Å²) < 4.78 is 19.1. The van der Waals surface area contributed by atoms with Crippen molar-refractivity contribution in [3.8, 4) is 5.75 Å². The van der Waals surface area contributed by atoms with E-state index in [1.165, 1.54) is 28.5 Å². The van der Waals surface area contributed by atoms with Gasteiger partial charge in [-0.2, -0.15) is 0 Å². The molecule has 0 aromatic heterocycles. The van der Waals surface area contributed by atoms with Crippen LogP contribution < -0.4 is 10.1 Å². The van der Waals surface area contributed by atoms with Crippen LogP contribution in [0.2, 0.25) is 0 Å². The quantitative estimate of drug-likeness (QED) is 0.619. The zero-order chi connectivity index (χ0) is 17.6. The maximum atomic E-state index is 13.0. The molecule has 3 heteroatoms. The number of halogens is 1. The molecule has 0 bridgehead atoms. The Labute approximate surface area is 148 Å². The molecule has 0 amide bonds. The lowest BCUT2D eigenvalue weighted by atomic mass is 10.0. The standard InChI is InChI=1S/C22H24FNO/c1-3-16(2)24-14-21-20-7-5-4-6-18(20)10-13-22(21)25-15-17-8-11-19(23)12-9-17/h4-13,16,24H,3,14-15H2,1-2H3/t16-/m1/s1. The Morgan fingerprint density at radius 2 is 1.76 bits per heavy atom. The van der Waals surface area contributed by atoms with Crippen LogP contribution in [0.1, 0.15) is 31.4 Å². The molecule has 0 aliphatic carbocycles. The third-order valence-corrected chi connectivity index (χ3v) is 4.54. The molecular weight excluding hydrogens is 313 g/mol. The number of hydrogen-bond acceptors (Lipinski definition) is 2. The molecule has 3 rings (SSSR count). The highest BCUT2D eigenvalue weighted by Gasteiger charge is 2.10. The van der Waals surface area contributed by atoms with Crippen molar-refractivity contribution in [1.82, 2.24) is 5.32 Å². The second-order valence-corrected chi connectivity index (χ2v) is 6.37. The fourth-order valence-corrected chi connectivity index (χ4v) is 2.80. The van der Waals surface area contributed by atoms with Crippen molar-refractivity contribution in [2.24, 2.45) is 0 Å². The van der Waals surface area contributed by atoms with Gasteiger partial charge in [-0.1, -0.05) is 49.4 Å². The van der Waals surface area contributed by atoms with Crippen molar-refractivity contribution in [1.29, 1.82) is 0 Å².